The Labute approximate surface area is 173 Å². The number of benzene rings is 1. The predicted octanol–water partition coefficient (Wildman–Crippen LogP) is 7.15. The normalized spacial score (nSPS) is 16.3. The van der Waals surface area contributed by atoms with Crippen molar-refractivity contribution in [2.75, 3.05) is 0 Å². The number of hydrogen-bond acceptors (Lipinski definition) is 1. The molecule has 186 valence electrons. The highest BCUT2D eigenvalue weighted by molar-refractivity contribution is 5.34. The van der Waals surface area contributed by atoms with Crippen molar-refractivity contribution in [2.45, 2.75) is 74.5 Å². The van der Waals surface area contributed by atoms with E-state index in [1.807, 2.05) is 0 Å². The Bertz CT molecular complexity index is 806. The van der Waals surface area contributed by atoms with Crippen molar-refractivity contribution in [2.24, 2.45) is 0 Å². The molecular weight excluding hydrogens is 479 g/mol. The van der Waals surface area contributed by atoms with Crippen LogP contribution < -0.4 is 0 Å². The van der Waals surface area contributed by atoms with Crippen molar-refractivity contribution in [1.82, 2.24) is 0 Å². The van der Waals surface area contributed by atoms with Gasteiger partial charge >= 0.3 is 35.8 Å². The third-order valence-corrected chi connectivity index (χ3v) is 4.58. The van der Waals surface area contributed by atoms with Gasteiger partial charge in [-0.3, -0.25) is 0 Å². The van der Waals surface area contributed by atoms with Crippen LogP contribution in [0.15, 0.2) is 24.3 Å². The van der Waals surface area contributed by atoms with Crippen LogP contribution in [0.1, 0.15) is 44.4 Å². The molecule has 14 heteroatoms. The van der Waals surface area contributed by atoms with Gasteiger partial charge in [0.25, 0.3) is 0 Å². The summed E-state index contributed by atoms with van der Waals surface area (Å²) < 4.78 is 171. The Morgan fingerprint density at radius 1 is 0.656 bits per heavy atom. The van der Waals surface area contributed by atoms with E-state index in [1.165, 1.54) is 32.9 Å². The Morgan fingerprint density at radius 3 is 1.47 bits per heavy atom. The number of halogens is 13. The standard InChI is InChI=1S/C18H17F13O/c1-12(2,3)10-7-5-4-6-9(10)11(32)8-13(19,20)14(21,22)15(23,24)16(25,26)17(27,28)18(29,30)31/h4-7,11,32H,8H2,1-3H3. The summed E-state index contributed by atoms with van der Waals surface area (Å²) >= 11 is 0. The fourth-order valence-electron chi connectivity index (χ4n) is 2.75. The highest BCUT2D eigenvalue weighted by Gasteiger charge is 2.90. The van der Waals surface area contributed by atoms with Crippen LogP contribution in [0.25, 0.3) is 0 Å². The topological polar surface area (TPSA) is 20.2 Å². The first-order valence-electron chi connectivity index (χ1n) is 8.59. The van der Waals surface area contributed by atoms with Crippen molar-refractivity contribution in [3.63, 3.8) is 0 Å². The van der Waals surface area contributed by atoms with Gasteiger partial charge in [-0.15, -0.1) is 0 Å². The van der Waals surface area contributed by atoms with Gasteiger partial charge in [-0.05, 0) is 16.5 Å². The van der Waals surface area contributed by atoms with Crippen molar-refractivity contribution < 1.29 is 62.2 Å². The highest BCUT2D eigenvalue weighted by Crippen LogP contribution is 2.61. The van der Waals surface area contributed by atoms with Gasteiger partial charge < -0.3 is 5.11 Å². The molecule has 0 spiro atoms. The molecule has 1 atom stereocenters. The molecule has 0 heterocycles. The molecule has 1 rings (SSSR count). The minimum atomic E-state index is -7.96. The molecule has 0 aliphatic heterocycles. The Morgan fingerprint density at radius 2 is 1.06 bits per heavy atom. The summed E-state index contributed by atoms with van der Waals surface area (Å²) in [6, 6.07) is 4.67. The average Bonchev–Trinajstić information content (AvgIpc) is 2.58. The van der Waals surface area contributed by atoms with Crippen LogP contribution in [0.3, 0.4) is 0 Å². The number of aliphatic hydroxyl groups excluding tert-OH is 1. The van der Waals surface area contributed by atoms with E-state index in [4.69, 9.17) is 0 Å². The SMILES string of the molecule is CC(C)(C)c1ccccc1C(O)CC(F)(F)C(F)(F)C(F)(F)C(F)(F)C(F)(F)C(F)(F)F. The highest BCUT2D eigenvalue weighted by atomic mass is 19.4. The summed E-state index contributed by atoms with van der Waals surface area (Å²) in [5.74, 6) is -37.4. The monoisotopic (exact) mass is 496 g/mol. The largest absolute Gasteiger partial charge is 0.460 e. The zero-order valence-electron chi connectivity index (χ0n) is 16.5. The van der Waals surface area contributed by atoms with Gasteiger partial charge in [-0.1, -0.05) is 45.0 Å². The van der Waals surface area contributed by atoms with Crippen molar-refractivity contribution in [1.29, 1.82) is 0 Å². The molecule has 0 aliphatic rings. The maximum atomic E-state index is 14.0. The first kappa shape index (κ1) is 28.3. The lowest BCUT2D eigenvalue weighted by Crippen LogP contribution is -2.70. The number of aliphatic hydroxyl groups is 1. The zero-order chi connectivity index (χ0) is 25.8. The third-order valence-electron chi connectivity index (χ3n) is 4.58. The minimum absolute atomic E-state index is 0.0623. The Balaban J connectivity index is 3.45. The summed E-state index contributed by atoms with van der Waals surface area (Å²) in [6.07, 6.45) is -12.8. The van der Waals surface area contributed by atoms with Crippen LogP contribution >= 0.6 is 0 Å². The Hall–Kier alpha value is -1.73. The summed E-state index contributed by atoms with van der Waals surface area (Å²) in [5.41, 5.74) is -1.35. The predicted molar refractivity (Wildman–Crippen MR) is 85.5 cm³/mol. The number of alkyl halides is 13. The molecule has 0 saturated heterocycles. The van der Waals surface area contributed by atoms with Crippen LogP contribution in [-0.4, -0.2) is 40.9 Å². The second-order valence-electron chi connectivity index (χ2n) is 8.06. The molecule has 0 saturated carbocycles. The molecule has 0 aliphatic carbocycles. The van der Waals surface area contributed by atoms with Gasteiger partial charge in [-0.2, -0.15) is 57.1 Å². The molecular formula is C18H17F13O. The van der Waals surface area contributed by atoms with E-state index in [1.54, 1.807) is 0 Å². The molecule has 0 fully saturated rings. The second kappa shape index (κ2) is 7.94. The van der Waals surface area contributed by atoms with Crippen LogP contribution in [-0.2, 0) is 5.41 Å². The Kier molecular flexibility index (Phi) is 7.02. The summed E-state index contributed by atoms with van der Waals surface area (Å²) in [6.45, 7) is 4.46. The molecule has 1 N–H and O–H groups in total. The van der Waals surface area contributed by atoms with Gasteiger partial charge in [0.05, 0.1) is 6.10 Å². The second-order valence-corrected chi connectivity index (χ2v) is 8.06. The number of rotatable bonds is 7. The third kappa shape index (κ3) is 4.38. The molecule has 0 aromatic heterocycles. The molecule has 0 amide bonds. The summed E-state index contributed by atoms with van der Waals surface area (Å²) in [7, 11) is 0. The maximum absolute atomic E-state index is 14.0. The van der Waals surface area contributed by atoms with E-state index < -0.39 is 59.3 Å². The van der Waals surface area contributed by atoms with E-state index in [-0.39, 0.29) is 5.56 Å². The maximum Gasteiger partial charge on any atom is 0.460 e. The van der Waals surface area contributed by atoms with E-state index in [2.05, 4.69) is 0 Å². The van der Waals surface area contributed by atoms with Crippen LogP contribution in [0.4, 0.5) is 57.1 Å². The first-order valence-corrected chi connectivity index (χ1v) is 8.59. The van der Waals surface area contributed by atoms with Gasteiger partial charge in [0.2, 0.25) is 0 Å². The van der Waals surface area contributed by atoms with E-state index >= 15 is 0 Å². The molecule has 1 nitrogen and oxygen atoms in total. The molecule has 1 unspecified atom stereocenters. The molecule has 0 bridgehead atoms. The van der Waals surface area contributed by atoms with E-state index in [0.717, 1.165) is 12.1 Å². The molecule has 1 aromatic rings. The lowest BCUT2D eigenvalue weighted by Gasteiger charge is -2.40. The van der Waals surface area contributed by atoms with E-state index in [0.29, 0.717) is 0 Å². The fraction of sp³-hybridized carbons (Fsp3) is 0.667. The number of hydrogen-bond donors (Lipinski definition) is 1. The molecule has 32 heavy (non-hydrogen) atoms. The smallest absolute Gasteiger partial charge is 0.388 e. The van der Waals surface area contributed by atoms with Crippen molar-refractivity contribution in [3.05, 3.63) is 35.4 Å². The van der Waals surface area contributed by atoms with Gasteiger partial charge in [0.15, 0.2) is 0 Å². The lowest BCUT2D eigenvalue weighted by atomic mass is 9.81. The molecule has 1 aromatic carbocycles. The van der Waals surface area contributed by atoms with Gasteiger partial charge in [0, 0.05) is 6.42 Å². The van der Waals surface area contributed by atoms with E-state index in [9.17, 15) is 62.2 Å². The van der Waals surface area contributed by atoms with Gasteiger partial charge in [0.1, 0.15) is 0 Å². The van der Waals surface area contributed by atoms with Crippen LogP contribution in [0.2, 0.25) is 0 Å². The van der Waals surface area contributed by atoms with Crippen LogP contribution in [0, 0.1) is 0 Å². The summed E-state index contributed by atoms with van der Waals surface area (Å²) in [4.78, 5) is 0. The minimum Gasteiger partial charge on any atom is -0.388 e. The average molecular weight is 496 g/mol. The first-order chi connectivity index (χ1) is 13.9. The molecule has 0 radical (unpaired) electrons. The van der Waals surface area contributed by atoms with Crippen molar-refractivity contribution >= 4 is 0 Å². The lowest BCUT2D eigenvalue weighted by molar-refractivity contribution is -0.440. The quantitative estimate of drug-likeness (QED) is 0.398. The zero-order valence-corrected chi connectivity index (χ0v) is 16.5. The fourth-order valence-corrected chi connectivity index (χ4v) is 2.75. The van der Waals surface area contributed by atoms with Crippen molar-refractivity contribution in [3.8, 4) is 0 Å². The summed E-state index contributed by atoms with van der Waals surface area (Å²) in [5, 5.41) is 9.95. The van der Waals surface area contributed by atoms with Crippen LogP contribution in [0.5, 0.6) is 0 Å². The van der Waals surface area contributed by atoms with Gasteiger partial charge in [-0.25, -0.2) is 0 Å².